The van der Waals surface area contributed by atoms with Crippen LogP contribution in [-0.4, -0.2) is 9.97 Å². The van der Waals surface area contributed by atoms with Crippen molar-refractivity contribution in [1.82, 2.24) is 9.97 Å². The molecule has 0 aliphatic carbocycles. The van der Waals surface area contributed by atoms with E-state index in [9.17, 15) is 0 Å². The lowest BCUT2D eigenvalue weighted by atomic mass is 10.4. The largest absolute Gasteiger partial charge is 0.241 e. The Bertz CT molecular complexity index is 262. The first-order valence-corrected chi connectivity index (χ1v) is 3.09. The van der Waals surface area contributed by atoms with Gasteiger partial charge in [-0.05, 0) is 6.07 Å². The molecule has 1 heterocycles. The Hall–Kier alpha value is -1.43. The topological polar surface area (TPSA) is 49.6 Å². The molecule has 0 amide bonds. The molecule has 0 aromatic carbocycles. The zero-order valence-electron chi connectivity index (χ0n) is 5.70. The molecule has 0 bridgehead atoms. The Morgan fingerprint density at radius 2 is 2.50 bits per heavy atom. The fourth-order valence-corrected chi connectivity index (χ4v) is 0.632. The predicted molar refractivity (Wildman–Crippen MR) is 36.1 cm³/mol. The first kappa shape index (κ1) is 6.69. The molecule has 0 spiro atoms. The van der Waals surface area contributed by atoms with E-state index in [1.807, 2.05) is 13.0 Å². The Morgan fingerprint density at radius 1 is 1.70 bits per heavy atom. The van der Waals surface area contributed by atoms with Crippen molar-refractivity contribution in [1.29, 1.82) is 5.26 Å². The second-order valence-electron chi connectivity index (χ2n) is 1.82. The van der Waals surface area contributed by atoms with Crippen molar-refractivity contribution in [2.24, 2.45) is 0 Å². The van der Waals surface area contributed by atoms with Crippen molar-refractivity contribution in [3.05, 3.63) is 23.8 Å². The van der Waals surface area contributed by atoms with Gasteiger partial charge in [0.05, 0.1) is 0 Å². The van der Waals surface area contributed by atoms with Crippen molar-refractivity contribution in [2.45, 2.75) is 13.3 Å². The van der Waals surface area contributed by atoms with Gasteiger partial charge >= 0.3 is 0 Å². The molecular weight excluding hydrogens is 126 g/mol. The van der Waals surface area contributed by atoms with E-state index in [0.717, 1.165) is 12.2 Å². The Balaban J connectivity index is 3.01. The van der Waals surface area contributed by atoms with Gasteiger partial charge in [-0.1, -0.05) is 6.92 Å². The van der Waals surface area contributed by atoms with Crippen LogP contribution in [0.5, 0.6) is 0 Å². The fourth-order valence-electron chi connectivity index (χ4n) is 0.632. The third-order valence-electron chi connectivity index (χ3n) is 1.14. The van der Waals surface area contributed by atoms with E-state index in [2.05, 4.69) is 9.97 Å². The summed E-state index contributed by atoms with van der Waals surface area (Å²) in [7, 11) is 0. The normalized spacial score (nSPS) is 8.80. The van der Waals surface area contributed by atoms with E-state index in [1.54, 1.807) is 12.3 Å². The molecule has 1 aromatic heterocycles. The van der Waals surface area contributed by atoms with Crippen molar-refractivity contribution < 1.29 is 0 Å². The summed E-state index contributed by atoms with van der Waals surface area (Å²) < 4.78 is 0. The summed E-state index contributed by atoms with van der Waals surface area (Å²) in [6, 6.07) is 3.55. The number of nitriles is 1. The van der Waals surface area contributed by atoms with Crippen molar-refractivity contribution in [2.75, 3.05) is 0 Å². The molecule has 0 atom stereocenters. The zero-order valence-corrected chi connectivity index (χ0v) is 5.70. The monoisotopic (exact) mass is 133 g/mol. The number of aromatic nitrogens is 2. The standard InChI is InChI=1S/C7H7N3/c1-2-7-9-4-3-6(5-8)10-7/h3-4H,2H2,1H3. The van der Waals surface area contributed by atoms with Crippen LogP contribution in [0.1, 0.15) is 18.4 Å². The van der Waals surface area contributed by atoms with Crippen LogP contribution in [0, 0.1) is 11.3 Å². The van der Waals surface area contributed by atoms with E-state index in [1.165, 1.54) is 0 Å². The average Bonchev–Trinajstić information content (AvgIpc) is 2.05. The summed E-state index contributed by atoms with van der Waals surface area (Å²) in [4.78, 5) is 7.88. The van der Waals surface area contributed by atoms with Gasteiger partial charge in [-0.2, -0.15) is 5.26 Å². The molecule has 10 heavy (non-hydrogen) atoms. The smallest absolute Gasteiger partial charge is 0.144 e. The van der Waals surface area contributed by atoms with Crippen LogP contribution in [0.25, 0.3) is 0 Å². The van der Waals surface area contributed by atoms with Crippen molar-refractivity contribution in [3.63, 3.8) is 0 Å². The van der Waals surface area contributed by atoms with Gasteiger partial charge in [0.2, 0.25) is 0 Å². The molecule has 50 valence electrons. The van der Waals surface area contributed by atoms with Crippen LogP contribution >= 0.6 is 0 Å². The van der Waals surface area contributed by atoms with Gasteiger partial charge in [0, 0.05) is 12.6 Å². The highest BCUT2D eigenvalue weighted by Gasteiger charge is 1.93. The molecule has 1 aromatic rings. The molecular formula is C7H7N3. The first-order chi connectivity index (χ1) is 4.86. The summed E-state index contributed by atoms with van der Waals surface area (Å²) in [5, 5.41) is 8.42. The second kappa shape index (κ2) is 2.92. The highest BCUT2D eigenvalue weighted by molar-refractivity contribution is 5.17. The Labute approximate surface area is 59.4 Å². The van der Waals surface area contributed by atoms with E-state index in [4.69, 9.17) is 5.26 Å². The molecule has 0 radical (unpaired) electrons. The molecule has 0 saturated carbocycles. The van der Waals surface area contributed by atoms with Gasteiger partial charge in [-0.25, -0.2) is 9.97 Å². The molecule has 0 aliphatic rings. The summed E-state index contributed by atoms with van der Waals surface area (Å²) >= 11 is 0. The highest BCUT2D eigenvalue weighted by Crippen LogP contribution is 1.93. The predicted octanol–water partition coefficient (Wildman–Crippen LogP) is 0.911. The summed E-state index contributed by atoms with van der Waals surface area (Å²) in [6.07, 6.45) is 2.37. The summed E-state index contributed by atoms with van der Waals surface area (Å²) in [6.45, 7) is 1.95. The number of aryl methyl sites for hydroxylation is 1. The van der Waals surface area contributed by atoms with Crippen LogP contribution in [0.15, 0.2) is 12.3 Å². The van der Waals surface area contributed by atoms with Crippen LogP contribution in [-0.2, 0) is 6.42 Å². The van der Waals surface area contributed by atoms with Gasteiger partial charge in [0.25, 0.3) is 0 Å². The van der Waals surface area contributed by atoms with Gasteiger partial charge in [-0.3, -0.25) is 0 Å². The zero-order chi connectivity index (χ0) is 7.40. The minimum Gasteiger partial charge on any atom is -0.241 e. The Morgan fingerprint density at radius 3 is 3.10 bits per heavy atom. The Kier molecular flexibility index (Phi) is 1.96. The lowest BCUT2D eigenvalue weighted by Gasteiger charge is -1.91. The van der Waals surface area contributed by atoms with Crippen LogP contribution in [0.2, 0.25) is 0 Å². The van der Waals surface area contributed by atoms with Crippen LogP contribution in [0.4, 0.5) is 0 Å². The van der Waals surface area contributed by atoms with Crippen molar-refractivity contribution in [3.8, 4) is 6.07 Å². The van der Waals surface area contributed by atoms with Gasteiger partial charge in [-0.15, -0.1) is 0 Å². The lowest BCUT2D eigenvalue weighted by molar-refractivity contribution is 0.930. The number of rotatable bonds is 1. The van der Waals surface area contributed by atoms with Gasteiger partial charge in [0.1, 0.15) is 17.6 Å². The number of nitrogens with zero attached hydrogens (tertiary/aromatic N) is 3. The third-order valence-corrected chi connectivity index (χ3v) is 1.14. The van der Waals surface area contributed by atoms with Crippen molar-refractivity contribution >= 4 is 0 Å². The maximum atomic E-state index is 8.42. The molecule has 0 aliphatic heterocycles. The number of hydrogen-bond donors (Lipinski definition) is 0. The minimum absolute atomic E-state index is 0.437. The summed E-state index contributed by atoms with van der Waals surface area (Å²) in [5.74, 6) is 0.721. The second-order valence-corrected chi connectivity index (χ2v) is 1.82. The molecule has 0 unspecified atom stereocenters. The van der Waals surface area contributed by atoms with Crippen LogP contribution < -0.4 is 0 Å². The molecule has 1 rings (SSSR count). The summed E-state index contributed by atoms with van der Waals surface area (Å²) in [5.41, 5.74) is 0.437. The van der Waals surface area contributed by atoms with E-state index in [0.29, 0.717) is 5.69 Å². The first-order valence-electron chi connectivity index (χ1n) is 3.09. The van der Waals surface area contributed by atoms with E-state index >= 15 is 0 Å². The quantitative estimate of drug-likeness (QED) is 0.572. The van der Waals surface area contributed by atoms with Gasteiger partial charge < -0.3 is 0 Å². The lowest BCUT2D eigenvalue weighted by Crippen LogP contribution is -1.93. The highest BCUT2D eigenvalue weighted by atomic mass is 14.9. The van der Waals surface area contributed by atoms with Gasteiger partial charge in [0.15, 0.2) is 0 Å². The van der Waals surface area contributed by atoms with E-state index < -0.39 is 0 Å². The van der Waals surface area contributed by atoms with Crippen LogP contribution in [0.3, 0.4) is 0 Å². The maximum absolute atomic E-state index is 8.42. The minimum atomic E-state index is 0.437. The maximum Gasteiger partial charge on any atom is 0.144 e. The average molecular weight is 133 g/mol. The SMILES string of the molecule is CCc1nccc(C#N)n1. The molecule has 3 nitrogen and oxygen atoms in total. The third kappa shape index (κ3) is 1.29. The number of hydrogen-bond acceptors (Lipinski definition) is 3. The molecule has 3 heteroatoms. The molecule has 0 saturated heterocycles. The molecule has 0 N–H and O–H groups in total. The van der Waals surface area contributed by atoms with E-state index in [-0.39, 0.29) is 0 Å². The molecule has 0 fully saturated rings. The fraction of sp³-hybridized carbons (Fsp3) is 0.286.